The van der Waals surface area contributed by atoms with Crippen molar-refractivity contribution in [3.63, 3.8) is 0 Å². The quantitative estimate of drug-likeness (QED) is 0.695. The minimum atomic E-state index is 0.289. The summed E-state index contributed by atoms with van der Waals surface area (Å²) in [7, 11) is 0. The highest BCUT2D eigenvalue weighted by Gasteiger charge is 2.34. The lowest BCUT2D eigenvalue weighted by Crippen LogP contribution is -2.38. The lowest BCUT2D eigenvalue weighted by molar-refractivity contribution is 0.202. The highest BCUT2D eigenvalue weighted by Crippen LogP contribution is 2.36. The second-order valence-electron chi connectivity index (χ2n) is 6.34. The summed E-state index contributed by atoms with van der Waals surface area (Å²) in [6, 6.07) is 1.02. The zero-order valence-electron chi connectivity index (χ0n) is 12.1. The first kappa shape index (κ1) is 14.3. The normalized spacial score (nSPS) is 25.5. The number of hydrogen-bond acceptors (Lipinski definition) is 3. The number of rotatable bonds is 8. The molecule has 1 atom stereocenters. The molecule has 106 valence electrons. The van der Waals surface area contributed by atoms with Gasteiger partial charge in [0.2, 0.25) is 0 Å². The van der Waals surface area contributed by atoms with Gasteiger partial charge in [-0.25, -0.2) is 0 Å². The first-order valence-electron chi connectivity index (χ1n) is 7.80. The van der Waals surface area contributed by atoms with Gasteiger partial charge in [-0.15, -0.1) is 0 Å². The van der Waals surface area contributed by atoms with Gasteiger partial charge in [-0.2, -0.15) is 0 Å². The van der Waals surface area contributed by atoms with Crippen LogP contribution in [-0.2, 0) is 0 Å². The van der Waals surface area contributed by atoms with Crippen LogP contribution in [0.25, 0.3) is 0 Å². The van der Waals surface area contributed by atoms with Crippen molar-refractivity contribution in [2.75, 3.05) is 26.2 Å². The summed E-state index contributed by atoms with van der Waals surface area (Å²) in [5.41, 5.74) is 0.582. The van der Waals surface area contributed by atoms with E-state index in [4.69, 9.17) is 0 Å². The fraction of sp³-hybridized carbons (Fsp3) is 1.00. The molecular weight excluding hydrogens is 224 g/mol. The van der Waals surface area contributed by atoms with Crippen molar-refractivity contribution in [3.8, 4) is 0 Å². The molecule has 3 heteroatoms. The van der Waals surface area contributed by atoms with Gasteiger partial charge in [0.15, 0.2) is 0 Å². The fourth-order valence-corrected chi connectivity index (χ4v) is 3.19. The predicted octanol–water partition coefficient (Wildman–Crippen LogP) is 2.00. The first-order valence-corrected chi connectivity index (χ1v) is 7.80. The van der Waals surface area contributed by atoms with Crippen molar-refractivity contribution < 1.29 is 5.11 Å². The van der Waals surface area contributed by atoms with Crippen molar-refractivity contribution in [1.29, 1.82) is 0 Å². The Bertz CT molecular complexity index is 249. The molecule has 0 bridgehead atoms. The molecule has 2 rings (SSSR count). The molecule has 1 unspecified atom stereocenters. The summed E-state index contributed by atoms with van der Waals surface area (Å²) in [6.07, 6.45) is 7.67. The summed E-state index contributed by atoms with van der Waals surface area (Å²) < 4.78 is 0. The van der Waals surface area contributed by atoms with E-state index in [0.717, 1.165) is 13.0 Å². The third-order valence-corrected chi connectivity index (χ3v) is 5.08. The molecule has 18 heavy (non-hydrogen) atoms. The largest absolute Gasteiger partial charge is 0.395 e. The van der Waals surface area contributed by atoms with Gasteiger partial charge in [0.05, 0.1) is 6.61 Å². The van der Waals surface area contributed by atoms with Crippen LogP contribution in [0.2, 0.25) is 0 Å². The molecule has 2 N–H and O–H groups in total. The maximum atomic E-state index is 9.39. The van der Waals surface area contributed by atoms with Crippen LogP contribution in [0, 0.1) is 5.41 Å². The summed E-state index contributed by atoms with van der Waals surface area (Å²) in [5.74, 6) is 0. The van der Waals surface area contributed by atoms with Gasteiger partial charge in [0, 0.05) is 18.6 Å². The second-order valence-corrected chi connectivity index (χ2v) is 6.34. The molecule has 1 aliphatic heterocycles. The molecule has 0 aromatic heterocycles. The van der Waals surface area contributed by atoms with E-state index in [-0.39, 0.29) is 6.61 Å². The molecule has 0 amide bonds. The van der Waals surface area contributed by atoms with Gasteiger partial charge >= 0.3 is 0 Å². The smallest absolute Gasteiger partial charge is 0.0585 e. The average Bonchev–Trinajstić information content (AvgIpc) is 3.13. The molecule has 1 aliphatic carbocycles. The van der Waals surface area contributed by atoms with Crippen molar-refractivity contribution in [2.45, 2.75) is 64.5 Å². The van der Waals surface area contributed by atoms with E-state index >= 15 is 0 Å². The van der Waals surface area contributed by atoms with E-state index in [0.29, 0.717) is 17.5 Å². The minimum Gasteiger partial charge on any atom is -0.395 e. The van der Waals surface area contributed by atoms with E-state index in [9.17, 15) is 5.11 Å². The van der Waals surface area contributed by atoms with Crippen LogP contribution in [0.5, 0.6) is 0 Å². The van der Waals surface area contributed by atoms with E-state index in [1.807, 2.05) is 0 Å². The van der Waals surface area contributed by atoms with Gasteiger partial charge in [-0.3, -0.25) is 0 Å². The highest BCUT2D eigenvalue weighted by atomic mass is 16.3. The Morgan fingerprint density at radius 3 is 2.56 bits per heavy atom. The van der Waals surface area contributed by atoms with Crippen LogP contribution >= 0.6 is 0 Å². The highest BCUT2D eigenvalue weighted by molar-refractivity contribution is 4.89. The van der Waals surface area contributed by atoms with Crippen LogP contribution in [0.1, 0.15) is 52.4 Å². The van der Waals surface area contributed by atoms with E-state index < -0.39 is 0 Å². The first-order chi connectivity index (χ1) is 8.71. The van der Waals surface area contributed by atoms with Crippen molar-refractivity contribution in [2.24, 2.45) is 5.41 Å². The zero-order chi connectivity index (χ0) is 13.0. The molecule has 0 spiro atoms. The van der Waals surface area contributed by atoms with Gasteiger partial charge in [-0.1, -0.05) is 13.8 Å². The van der Waals surface area contributed by atoms with E-state index in [1.54, 1.807) is 0 Å². The van der Waals surface area contributed by atoms with Gasteiger partial charge in [0.25, 0.3) is 0 Å². The maximum Gasteiger partial charge on any atom is 0.0585 e. The molecular formula is C15H30N2O. The minimum absolute atomic E-state index is 0.289. The van der Waals surface area contributed by atoms with Crippen LogP contribution in [0.3, 0.4) is 0 Å². The summed E-state index contributed by atoms with van der Waals surface area (Å²) in [6.45, 7) is 8.62. The van der Waals surface area contributed by atoms with Crippen molar-refractivity contribution >= 4 is 0 Å². The molecule has 1 heterocycles. The Balaban J connectivity index is 1.70. The monoisotopic (exact) mass is 254 g/mol. The van der Waals surface area contributed by atoms with Gasteiger partial charge in [0.1, 0.15) is 0 Å². The molecule has 3 nitrogen and oxygen atoms in total. The topological polar surface area (TPSA) is 35.5 Å². The number of likely N-dealkylation sites (tertiary alicyclic amines) is 1. The zero-order valence-corrected chi connectivity index (χ0v) is 12.1. The van der Waals surface area contributed by atoms with Gasteiger partial charge < -0.3 is 15.3 Å². The molecule has 0 aromatic carbocycles. The summed E-state index contributed by atoms with van der Waals surface area (Å²) >= 11 is 0. The number of aliphatic hydroxyl groups excluding tert-OH is 1. The molecule has 0 aromatic rings. The number of nitrogens with one attached hydrogen (secondary N) is 1. The Labute approximate surface area is 112 Å². The molecule has 2 aliphatic rings. The Hall–Kier alpha value is -0.120. The Morgan fingerprint density at radius 1 is 1.33 bits per heavy atom. The van der Waals surface area contributed by atoms with Crippen LogP contribution in [0.15, 0.2) is 0 Å². The predicted molar refractivity (Wildman–Crippen MR) is 75.7 cm³/mol. The molecule has 1 saturated heterocycles. The molecule has 1 saturated carbocycles. The summed E-state index contributed by atoms with van der Waals surface area (Å²) in [5, 5.41) is 12.9. The lowest BCUT2D eigenvalue weighted by Gasteiger charge is -2.27. The third kappa shape index (κ3) is 3.69. The fourth-order valence-electron chi connectivity index (χ4n) is 3.19. The van der Waals surface area contributed by atoms with Crippen LogP contribution in [-0.4, -0.2) is 48.3 Å². The van der Waals surface area contributed by atoms with Gasteiger partial charge in [-0.05, 0) is 57.0 Å². The molecule has 0 radical (unpaired) electrons. The lowest BCUT2D eigenvalue weighted by atomic mass is 9.82. The molecule has 2 fully saturated rings. The number of nitrogens with zero attached hydrogens (tertiary/aromatic N) is 1. The Kier molecular flexibility index (Phi) is 5.05. The number of aliphatic hydroxyl groups is 1. The van der Waals surface area contributed by atoms with E-state index in [1.165, 1.54) is 45.2 Å². The second kappa shape index (κ2) is 6.36. The van der Waals surface area contributed by atoms with Crippen LogP contribution < -0.4 is 5.32 Å². The van der Waals surface area contributed by atoms with Crippen molar-refractivity contribution in [3.05, 3.63) is 0 Å². The maximum absolute atomic E-state index is 9.39. The van der Waals surface area contributed by atoms with Crippen LogP contribution in [0.4, 0.5) is 0 Å². The number of hydrogen-bond donors (Lipinski definition) is 2. The summed E-state index contributed by atoms with van der Waals surface area (Å²) in [4.78, 5) is 2.60. The SMILES string of the molecule is CCC1(CC)CCN(CCC(CO)NC2CC2)C1. The average molecular weight is 254 g/mol. The Morgan fingerprint density at radius 2 is 2.06 bits per heavy atom. The van der Waals surface area contributed by atoms with E-state index in [2.05, 4.69) is 24.1 Å². The third-order valence-electron chi connectivity index (χ3n) is 5.08. The van der Waals surface area contributed by atoms with Crippen molar-refractivity contribution in [1.82, 2.24) is 10.2 Å². The standard InChI is InChI=1S/C15H30N2O/c1-3-15(4-2)8-10-17(12-15)9-7-14(11-18)16-13-5-6-13/h13-14,16,18H,3-12H2,1-2H3.